The van der Waals surface area contributed by atoms with E-state index in [1.807, 2.05) is 0 Å². The van der Waals surface area contributed by atoms with E-state index in [4.69, 9.17) is 14.5 Å². The van der Waals surface area contributed by atoms with Crippen LogP contribution in [-0.4, -0.2) is 63.5 Å². The minimum atomic E-state index is 0.672. The van der Waals surface area contributed by atoms with E-state index in [1.54, 1.807) is 0 Å². The molecule has 0 aliphatic carbocycles. The zero-order valence-electron chi connectivity index (χ0n) is 19.4. The fourth-order valence-electron chi connectivity index (χ4n) is 4.27. The molecule has 2 N–H and O–H groups in total. The Morgan fingerprint density at radius 2 is 1.87 bits per heavy atom. The fourth-order valence-corrected chi connectivity index (χ4v) is 4.27. The van der Waals surface area contributed by atoms with Gasteiger partial charge in [0, 0.05) is 46.1 Å². The zero-order valence-corrected chi connectivity index (χ0v) is 19.4. The standard InChI is InChI=1S/C25H42N4O2/c1-2-26-25(27-13-8-16-31-21-22-11-17-30-18-12-22)28-19-23-9-4-5-10-24(23)20-29-14-6-3-7-15-29/h4-5,9-10,22H,2-3,6-8,11-21H2,1H3,(H2,26,27,28). The van der Waals surface area contributed by atoms with E-state index < -0.39 is 0 Å². The number of guanidine groups is 1. The van der Waals surface area contributed by atoms with Crippen molar-refractivity contribution < 1.29 is 9.47 Å². The molecule has 0 spiro atoms. The summed E-state index contributed by atoms with van der Waals surface area (Å²) >= 11 is 0. The van der Waals surface area contributed by atoms with Gasteiger partial charge in [-0.15, -0.1) is 0 Å². The van der Waals surface area contributed by atoms with Gasteiger partial charge in [-0.25, -0.2) is 4.99 Å². The first-order chi connectivity index (χ1) is 15.3. The molecule has 0 radical (unpaired) electrons. The number of ether oxygens (including phenoxy) is 2. The Kier molecular flexibility index (Phi) is 11.2. The van der Waals surface area contributed by atoms with E-state index >= 15 is 0 Å². The zero-order chi connectivity index (χ0) is 21.6. The molecule has 0 amide bonds. The summed E-state index contributed by atoms with van der Waals surface area (Å²) in [6.45, 7) is 11.5. The summed E-state index contributed by atoms with van der Waals surface area (Å²) in [6.07, 6.45) is 7.28. The van der Waals surface area contributed by atoms with Crippen LogP contribution in [0, 0.1) is 5.92 Å². The molecule has 0 bridgehead atoms. The molecule has 0 saturated carbocycles. The number of nitrogens with one attached hydrogen (secondary N) is 2. The van der Waals surface area contributed by atoms with Gasteiger partial charge >= 0.3 is 0 Å². The van der Waals surface area contributed by atoms with Gasteiger partial charge in [-0.05, 0) is 69.2 Å². The summed E-state index contributed by atoms with van der Waals surface area (Å²) in [5.74, 6) is 1.56. The molecule has 1 aromatic rings. The number of hydrogen-bond acceptors (Lipinski definition) is 4. The van der Waals surface area contributed by atoms with Gasteiger partial charge in [0.15, 0.2) is 5.96 Å². The molecule has 2 saturated heterocycles. The number of benzene rings is 1. The highest BCUT2D eigenvalue weighted by Gasteiger charge is 2.14. The van der Waals surface area contributed by atoms with Crippen molar-refractivity contribution in [2.75, 3.05) is 52.6 Å². The predicted octanol–water partition coefficient (Wildman–Crippen LogP) is 3.56. The van der Waals surface area contributed by atoms with Crippen molar-refractivity contribution in [3.05, 3.63) is 35.4 Å². The van der Waals surface area contributed by atoms with Crippen LogP contribution >= 0.6 is 0 Å². The highest BCUT2D eigenvalue weighted by atomic mass is 16.5. The molecule has 2 heterocycles. The molecule has 6 nitrogen and oxygen atoms in total. The predicted molar refractivity (Wildman–Crippen MR) is 127 cm³/mol. The molecule has 1 aromatic carbocycles. The molecule has 0 aromatic heterocycles. The lowest BCUT2D eigenvalue weighted by molar-refractivity contribution is 0.0203. The van der Waals surface area contributed by atoms with Crippen LogP contribution in [0.15, 0.2) is 29.3 Å². The molecule has 2 fully saturated rings. The normalized spacial score (nSPS) is 18.8. The number of hydrogen-bond donors (Lipinski definition) is 2. The van der Waals surface area contributed by atoms with Gasteiger partial charge in [0.1, 0.15) is 0 Å². The van der Waals surface area contributed by atoms with E-state index in [0.29, 0.717) is 12.5 Å². The number of aliphatic imine (C=N–C) groups is 1. The lowest BCUT2D eigenvalue weighted by Crippen LogP contribution is -2.38. The lowest BCUT2D eigenvalue weighted by Gasteiger charge is -2.27. The minimum absolute atomic E-state index is 0.672. The monoisotopic (exact) mass is 430 g/mol. The van der Waals surface area contributed by atoms with Crippen LogP contribution in [0.2, 0.25) is 0 Å². The van der Waals surface area contributed by atoms with E-state index in [0.717, 1.165) is 71.3 Å². The number of piperidine rings is 1. The van der Waals surface area contributed by atoms with Crippen molar-refractivity contribution in [1.29, 1.82) is 0 Å². The van der Waals surface area contributed by atoms with Crippen molar-refractivity contribution in [1.82, 2.24) is 15.5 Å². The second kappa shape index (κ2) is 14.4. The Labute approximate surface area is 188 Å². The molecular formula is C25H42N4O2. The first-order valence-corrected chi connectivity index (χ1v) is 12.3. The third-order valence-corrected chi connectivity index (χ3v) is 6.17. The summed E-state index contributed by atoms with van der Waals surface area (Å²) in [5.41, 5.74) is 2.73. The van der Waals surface area contributed by atoms with E-state index in [-0.39, 0.29) is 0 Å². The van der Waals surface area contributed by atoms with Gasteiger partial charge < -0.3 is 20.1 Å². The molecule has 0 unspecified atom stereocenters. The van der Waals surface area contributed by atoms with Crippen molar-refractivity contribution in [2.45, 2.75) is 58.5 Å². The Balaban J connectivity index is 1.40. The van der Waals surface area contributed by atoms with Gasteiger partial charge in [0.05, 0.1) is 6.54 Å². The molecule has 2 aliphatic rings. The van der Waals surface area contributed by atoms with Crippen LogP contribution in [0.25, 0.3) is 0 Å². The Morgan fingerprint density at radius 3 is 2.65 bits per heavy atom. The van der Waals surface area contributed by atoms with E-state index in [1.165, 1.54) is 43.5 Å². The third kappa shape index (κ3) is 9.17. The number of likely N-dealkylation sites (tertiary alicyclic amines) is 1. The quantitative estimate of drug-likeness (QED) is 0.319. The fraction of sp³-hybridized carbons (Fsp3) is 0.720. The maximum Gasteiger partial charge on any atom is 0.191 e. The molecular weight excluding hydrogens is 388 g/mol. The SMILES string of the molecule is CCNC(=NCc1ccccc1CN1CCCCC1)NCCCOCC1CCOCC1. The molecule has 0 atom stereocenters. The Hall–Kier alpha value is -1.63. The van der Waals surface area contributed by atoms with E-state index in [2.05, 4.69) is 46.7 Å². The van der Waals surface area contributed by atoms with Crippen LogP contribution in [-0.2, 0) is 22.6 Å². The highest BCUT2D eigenvalue weighted by molar-refractivity contribution is 5.79. The number of rotatable bonds is 11. The summed E-state index contributed by atoms with van der Waals surface area (Å²) in [4.78, 5) is 7.43. The average Bonchev–Trinajstić information content (AvgIpc) is 2.82. The molecule has 174 valence electrons. The van der Waals surface area contributed by atoms with Crippen LogP contribution < -0.4 is 10.6 Å². The topological polar surface area (TPSA) is 58.1 Å². The molecule has 6 heteroatoms. The lowest BCUT2D eigenvalue weighted by atomic mass is 10.0. The van der Waals surface area contributed by atoms with Crippen molar-refractivity contribution in [3.63, 3.8) is 0 Å². The molecule has 3 rings (SSSR count). The van der Waals surface area contributed by atoms with Crippen LogP contribution in [0.5, 0.6) is 0 Å². The Bertz CT molecular complexity index is 640. The third-order valence-electron chi connectivity index (χ3n) is 6.17. The van der Waals surface area contributed by atoms with E-state index in [9.17, 15) is 0 Å². The smallest absolute Gasteiger partial charge is 0.191 e. The van der Waals surface area contributed by atoms with Gasteiger partial charge in [-0.2, -0.15) is 0 Å². The maximum absolute atomic E-state index is 5.87. The average molecular weight is 431 g/mol. The number of nitrogens with zero attached hydrogens (tertiary/aromatic N) is 2. The second-order valence-corrected chi connectivity index (χ2v) is 8.71. The Morgan fingerprint density at radius 1 is 1.10 bits per heavy atom. The van der Waals surface area contributed by atoms with Crippen LogP contribution in [0.4, 0.5) is 0 Å². The van der Waals surface area contributed by atoms with Crippen molar-refractivity contribution in [3.8, 4) is 0 Å². The summed E-state index contributed by atoms with van der Waals surface area (Å²) in [7, 11) is 0. The minimum Gasteiger partial charge on any atom is -0.381 e. The highest BCUT2D eigenvalue weighted by Crippen LogP contribution is 2.17. The van der Waals surface area contributed by atoms with Gasteiger partial charge in [-0.1, -0.05) is 30.7 Å². The summed E-state index contributed by atoms with van der Waals surface area (Å²) in [6, 6.07) is 8.75. The van der Waals surface area contributed by atoms with Gasteiger partial charge in [0.25, 0.3) is 0 Å². The van der Waals surface area contributed by atoms with Crippen molar-refractivity contribution >= 4 is 5.96 Å². The summed E-state index contributed by atoms with van der Waals surface area (Å²) in [5, 5.41) is 6.83. The molecule has 31 heavy (non-hydrogen) atoms. The second-order valence-electron chi connectivity index (χ2n) is 8.71. The van der Waals surface area contributed by atoms with Gasteiger partial charge in [0.2, 0.25) is 0 Å². The first-order valence-electron chi connectivity index (χ1n) is 12.3. The van der Waals surface area contributed by atoms with Crippen molar-refractivity contribution in [2.24, 2.45) is 10.9 Å². The first kappa shape index (κ1) is 24.0. The largest absolute Gasteiger partial charge is 0.381 e. The van der Waals surface area contributed by atoms with Crippen LogP contribution in [0.1, 0.15) is 56.6 Å². The van der Waals surface area contributed by atoms with Gasteiger partial charge in [-0.3, -0.25) is 4.90 Å². The summed E-state index contributed by atoms with van der Waals surface area (Å²) < 4.78 is 11.3. The van der Waals surface area contributed by atoms with Crippen LogP contribution in [0.3, 0.4) is 0 Å². The molecule has 2 aliphatic heterocycles. The maximum atomic E-state index is 5.87.